The van der Waals surface area contributed by atoms with Gasteiger partial charge >= 0.3 is 0 Å². The standard InChI is InChI=1S/C54H33N3/c1-3-12-34(13-4-1)36-22-26-42-44-18-11-19-45-43-27-23-37(32-53(43)57(54(44)45)52(42)31-36)35-24-28-50-46(30-35)40-16-7-10-21-49(40)56(50)39-25-29-51-47(33-39)41-17-8-9-20-48(41)55(51)38-14-5-2-6-15-38/h1-33H. The van der Waals surface area contributed by atoms with Crippen molar-refractivity contribution in [3.05, 3.63) is 200 Å². The van der Waals surface area contributed by atoms with Crippen LogP contribution in [-0.4, -0.2) is 13.5 Å². The fourth-order valence-electron chi connectivity index (χ4n) is 9.85. The highest BCUT2D eigenvalue weighted by Gasteiger charge is 2.20. The van der Waals surface area contributed by atoms with Gasteiger partial charge in [-0.25, -0.2) is 0 Å². The van der Waals surface area contributed by atoms with Crippen LogP contribution in [-0.2, 0) is 0 Å². The molecule has 0 saturated carbocycles. The van der Waals surface area contributed by atoms with Crippen molar-refractivity contribution >= 4 is 81.7 Å². The van der Waals surface area contributed by atoms with Crippen molar-refractivity contribution in [3.63, 3.8) is 0 Å². The quantitative estimate of drug-likeness (QED) is 0.172. The lowest BCUT2D eigenvalue weighted by Gasteiger charge is -2.11. The van der Waals surface area contributed by atoms with Crippen molar-refractivity contribution in [2.24, 2.45) is 0 Å². The molecule has 3 heteroatoms. The van der Waals surface area contributed by atoms with Gasteiger partial charge in [-0.05, 0) is 89.0 Å². The first-order valence-electron chi connectivity index (χ1n) is 19.7. The molecule has 0 saturated heterocycles. The van der Waals surface area contributed by atoms with Crippen molar-refractivity contribution < 1.29 is 0 Å². The first-order valence-corrected chi connectivity index (χ1v) is 19.7. The second-order valence-corrected chi connectivity index (χ2v) is 15.3. The molecule has 0 spiro atoms. The maximum Gasteiger partial charge on any atom is 0.0620 e. The Labute approximate surface area is 327 Å². The topological polar surface area (TPSA) is 14.3 Å². The Hall–Kier alpha value is -7.62. The largest absolute Gasteiger partial charge is 0.309 e. The van der Waals surface area contributed by atoms with Crippen LogP contribution < -0.4 is 0 Å². The van der Waals surface area contributed by atoms with E-state index in [0.717, 1.165) is 5.69 Å². The molecule has 0 atom stereocenters. The monoisotopic (exact) mass is 723 g/mol. The van der Waals surface area contributed by atoms with Gasteiger partial charge < -0.3 is 13.5 Å². The van der Waals surface area contributed by atoms with E-state index in [4.69, 9.17) is 0 Å². The van der Waals surface area contributed by atoms with E-state index in [9.17, 15) is 0 Å². The number of hydrogen-bond donors (Lipinski definition) is 0. The maximum absolute atomic E-state index is 2.50. The molecule has 0 bridgehead atoms. The highest BCUT2D eigenvalue weighted by Crippen LogP contribution is 2.43. The van der Waals surface area contributed by atoms with E-state index in [1.807, 2.05) is 0 Å². The molecule has 0 N–H and O–H groups in total. The highest BCUT2D eigenvalue weighted by atomic mass is 15.0. The van der Waals surface area contributed by atoms with E-state index in [-0.39, 0.29) is 0 Å². The molecule has 0 aliphatic carbocycles. The minimum Gasteiger partial charge on any atom is -0.309 e. The van der Waals surface area contributed by atoms with Crippen molar-refractivity contribution in [3.8, 4) is 33.6 Å². The van der Waals surface area contributed by atoms with Gasteiger partial charge in [0, 0.05) is 54.5 Å². The summed E-state index contributed by atoms with van der Waals surface area (Å²) in [4.78, 5) is 0. The molecule has 0 radical (unpaired) electrons. The van der Waals surface area contributed by atoms with Crippen LogP contribution in [0.2, 0.25) is 0 Å². The van der Waals surface area contributed by atoms with Gasteiger partial charge in [0.2, 0.25) is 0 Å². The summed E-state index contributed by atoms with van der Waals surface area (Å²) in [7, 11) is 0. The Bertz CT molecular complexity index is 3730. The first-order chi connectivity index (χ1) is 28.3. The molecule has 4 heterocycles. The number of fused-ring (bicyclic) bond motifs is 12. The minimum absolute atomic E-state index is 1.16. The van der Waals surface area contributed by atoms with Crippen molar-refractivity contribution in [2.45, 2.75) is 0 Å². The second-order valence-electron chi connectivity index (χ2n) is 15.3. The van der Waals surface area contributed by atoms with Gasteiger partial charge in [-0.15, -0.1) is 0 Å². The average molecular weight is 724 g/mol. The van der Waals surface area contributed by atoms with E-state index in [1.54, 1.807) is 0 Å². The van der Waals surface area contributed by atoms with Crippen molar-refractivity contribution in [1.29, 1.82) is 0 Å². The van der Waals surface area contributed by atoms with Crippen LogP contribution in [0.4, 0.5) is 0 Å². The Balaban J connectivity index is 1.00. The molecule has 57 heavy (non-hydrogen) atoms. The summed E-state index contributed by atoms with van der Waals surface area (Å²) in [6.45, 7) is 0. The Morgan fingerprint density at radius 2 is 0.684 bits per heavy atom. The molecule has 0 fully saturated rings. The van der Waals surface area contributed by atoms with Gasteiger partial charge in [-0.2, -0.15) is 0 Å². The van der Waals surface area contributed by atoms with Gasteiger partial charge in [0.25, 0.3) is 0 Å². The molecule has 4 aromatic heterocycles. The summed E-state index contributed by atoms with van der Waals surface area (Å²) in [5, 5.41) is 10.2. The molecular formula is C54H33N3. The van der Waals surface area contributed by atoms with Crippen LogP contribution >= 0.6 is 0 Å². The third-order valence-electron chi connectivity index (χ3n) is 12.4. The Kier molecular flexibility index (Phi) is 6.16. The molecule has 0 aliphatic heterocycles. The molecule has 0 unspecified atom stereocenters. The second kappa shape index (κ2) is 11.5. The van der Waals surface area contributed by atoms with Gasteiger partial charge in [-0.1, -0.05) is 133 Å². The Morgan fingerprint density at radius 1 is 0.228 bits per heavy atom. The lowest BCUT2D eigenvalue weighted by Crippen LogP contribution is -1.95. The molecule has 9 aromatic carbocycles. The third-order valence-corrected chi connectivity index (χ3v) is 12.4. The fourth-order valence-corrected chi connectivity index (χ4v) is 9.85. The van der Waals surface area contributed by atoms with Crippen LogP contribution in [0.25, 0.3) is 115 Å². The van der Waals surface area contributed by atoms with Crippen LogP contribution in [0.5, 0.6) is 0 Å². The molecule has 0 aliphatic rings. The summed E-state index contributed by atoms with van der Waals surface area (Å²) in [6.07, 6.45) is 0. The fraction of sp³-hybridized carbons (Fsp3) is 0. The predicted octanol–water partition coefficient (Wildman–Crippen LogP) is 14.4. The predicted molar refractivity (Wildman–Crippen MR) is 241 cm³/mol. The van der Waals surface area contributed by atoms with E-state index >= 15 is 0 Å². The van der Waals surface area contributed by atoms with Gasteiger partial charge in [0.15, 0.2) is 0 Å². The normalized spacial score (nSPS) is 12.2. The summed E-state index contributed by atoms with van der Waals surface area (Å²) in [6, 6.07) is 73.7. The lowest BCUT2D eigenvalue weighted by atomic mass is 10.00. The first kappa shape index (κ1) is 30.7. The molecule has 13 aromatic rings. The van der Waals surface area contributed by atoms with Crippen LogP contribution in [0, 0.1) is 0 Å². The molecule has 3 nitrogen and oxygen atoms in total. The number of hydrogen-bond acceptors (Lipinski definition) is 0. The van der Waals surface area contributed by atoms with E-state index in [0.29, 0.717) is 0 Å². The van der Waals surface area contributed by atoms with E-state index in [1.165, 1.54) is 110 Å². The molecule has 13 rings (SSSR count). The summed E-state index contributed by atoms with van der Waals surface area (Å²) >= 11 is 0. The lowest BCUT2D eigenvalue weighted by molar-refractivity contribution is 1.17. The minimum atomic E-state index is 1.16. The van der Waals surface area contributed by atoms with Gasteiger partial charge in [0.05, 0.1) is 38.6 Å². The van der Waals surface area contributed by atoms with Gasteiger partial charge in [0.1, 0.15) is 0 Å². The zero-order valence-corrected chi connectivity index (χ0v) is 30.9. The smallest absolute Gasteiger partial charge is 0.0620 e. The van der Waals surface area contributed by atoms with E-state index < -0.39 is 0 Å². The van der Waals surface area contributed by atoms with Crippen LogP contribution in [0.3, 0.4) is 0 Å². The maximum atomic E-state index is 2.50. The number of para-hydroxylation sites is 4. The number of rotatable bonds is 4. The third kappa shape index (κ3) is 4.26. The van der Waals surface area contributed by atoms with E-state index in [2.05, 4.69) is 214 Å². The molecular weight excluding hydrogens is 691 g/mol. The summed E-state index contributed by atoms with van der Waals surface area (Å²) < 4.78 is 7.32. The molecule has 0 amide bonds. The number of benzene rings is 9. The number of aromatic nitrogens is 3. The summed E-state index contributed by atoms with van der Waals surface area (Å²) in [5.74, 6) is 0. The van der Waals surface area contributed by atoms with Crippen LogP contribution in [0.15, 0.2) is 200 Å². The van der Waals surface area contributed by atoms with Gasteiger partial charge in [-0.3, -0.25) is 0 Å². The highest BCUT2D eigenvalue weighted by molar-refractivity contribution is 6.24. The Morgan fingerprint density at radius 3 is 1.35 bits per heavy atom. The van der Waals surface area contributed by atoms with Crippen molar-refractivity contribution in [1.82, 2.24) is 13.5 Å². The number of nitrogens with zero attached hydrogens (tertiary/aromatic N) is 3. The van der Waals surface area contributed by atoms with Crippen molar-refractivity contribution in [2.75, 3.05) is 0 Å². The summed E-state index contributed by atoms with van der Waals surface area (Å²) in [5.41, 5.74) is 15.8. The molecule has 264 valence electrons. The zero-order chi connectivity index (χ0) is 37.2. The van der Waals surface area contributed by atoms with Crippen LogP contribution in [0.1, 0.15) is 0 Å². The zero-order valence-electron chi connectivity index (χ0n) is 30.9. The average Bonchev–Trinajstić information content (AvgIpc) is 4.00. The SMILES string of the molecule is c1ccc(-c2ccc3c4cccc5c6ccc(-c7ccc8c(c7)c7ccccc7n8-c7ccc8c(c7)c7ccccc7n8-c7ccccc7)cc6n(c3c2)c45)cc1.